The summed E-state index contributed by atoms with van der Waals surface area (Å²) >= 11 is 0. The number of para-hydroxylation sites is 1. The molecular weight excluding hydrogens is 205 g/mol. The summed E-state index contributed by atoms with van der Waals surface area (Å²) in [5.74, 6) is 0. The molecule has 0 aliphatic heterocycles. The molecule has 1 rings (SSSR count). The quantitative estimate of drug-likeness (QED) is 0.390. The number of nitro groups is 2. The number of hydrazine groups is 2. The summed E-state index contributed by atoms with van der Waals surface area (Å²) in [7, 11) is 0. The van der Waals surface area contributed by atoms with Gasteiger partial charge in [-0.2, -0.15) is 0 Å². The van der Waals surface area contributed by atoms with Gasteiger partial charge in [0.2, 0.25) is 10.1 Å². The highest BCUT2D eigenvalue weighted by Gasteiger charge is 2.29. The first-order valence-electron chi connectivity index (χ1n) is 3.26. The molecule has 8 heteroatoms. The minimum absolute atomic E-state index is 0. The largest absolute Gasteiger partial charge is 0.230 e. The zero-order chi connectivity index (χ0) is 9.84. The number of rotatable bonds is 3. The highest BCUT2D eigenvalue weighted by molar-refractivity contribution is 5.75. The summed E-state index contributed by atoms with van der Waals surface area (Å²) in [6.45, 7) is 0. The summed E-state index contributed by atoms with van der Waals surface area (Å²) < 4.78 is 0. The number of hydrogen-bond acceptors (Lipinski definition) is 4. The lowest BCUT2D eigenvalue weighted by Crippen LogP contribution is -2.35. The first kappa shape index (κ1) is 12.4. The van der Waals surface area contributed by atoms with Crippen molar-refractivity contribution in [2.75, 3.05) is 5.12 Å². The maximum absolute atomic E-state index is 10.2. The standard InChI is InChI=1S/C6H5N3O4.Al.3H/c10-8(11)7(9(12)13)6-4-2-1-3-5-6;;;;/h1-5H;;;;. The molecule has 0 amide bonds. The fourth-order valence-electron chi connectivity index (χ4n) is 0.810. The van der Waals surface area contributed by atoms with Gasteiger partial charge in [-0.1, -0.05) is 18.2 Å². The van der Waals surface area contributed by atoms with Gasteiger partial charge in [-0.3, -0.25) is 0 Å². The normalized spacial score (nSPS) is 8.57. The molecule has 0 fully saturated rings. The van der Waals surface area contributed by atoms with Crippen molar-refractivity contribution >= 4 is 23.0 Å². The van der Waals surface area contributed by atoms with Gasteiger partial charge in [-0.15, -0.1) is 0 Å². The summed E-state index contributed by atoms with van der Waals surface area (Å²) in [4.78, 5) is 20.5. The maximum atomic E-state index is 10.2. The molecule has 1 aromatic rings. The fourth-order valence-corrected chi connectivity index (χ4v) is 0.810. The highest BCUT2D eigenvalue weighted by atomic mass is 27.0. The number of benzene rings is 1. The first-order valence-corrected chi connectivity index (χ1v) is 3.26. The van der Waals surface area contributed by atoms with Gasteiger partial charge in [0.25, 0.3) is 0 Å². The third-order valence-corrected chi connectivity index (χ3v) is 1.30. The summed E-state index contributed by atoms with van der Waals surface area (Å²) in [5, 5.41) is 18.1. The molecule has 0 bridgehead atoms. The van der Waals surface area contributed by atoms with Crippen LogP contribution in [0.3, 0.4) is 0 Å². The minimum Gasteiger partial charge on any atom is -0.230 e. The van der Waals surface area contributed by atoms with Crippen molar-refractivity contribution in [3.05, 3.63) is 50.6 Å². The lowest BCUT2D eigenvalue weighted by molar-refractivity contribution is -0.711. The Hall–Kier alpha value is -1.65. The molecule has 74 valence electrons. The van der Waals surface area contributed by atoms with Crippen molar-refractivity contribution in [2.45, 2.75) is 0 Å². The molecule has 0 aromatic heterocycles. The first-order chi connectivity index (χ1) is 6.13. The number of nitrogens with zero attached hydrogens (tertiary/aromatic N) is 3. The van der Waals surface area contributed by atoms with E-state index in [9.17, 15) is 20.2 Å². The van der Waals surface area contributed by atoms with E-state index in [0.29, 0.717) is 0 Å². The molecule has 0 N–H and O–H groups in total. The van der Waals surface area contributed by atoms with Crippen LogP contribution in [0, 0.1) is 20.2 Å². The Morgan fingerprint density at radius 3 is 1.79 bits per heavy atom. The van der Waals surface area contributed by atoms with E-state index in [0.717, 1.165) is 0 Å². The van der Waals surface area contributed by atoms with Crippen LogP contribution >= 0.6 is 0 Å². The van der Waals surface area contributed by atoms with Gasteiger partial charge in [0.05, 0.1) is 0 Å². The number of anilines is 1. The number of hydrogen-bond donors (Lipinski definition) is 0. The smallest absolute Gasteiger partial charge is 0.228 e. The fraction of sp³-hybridized carbons (Fsp3) is 0. The van der Waals surface area contributed by atoms with E-state index in [1.807, 2.05) is 0 Å². The molecule has 0 unspecified atom stereocenters. The van der Waals surface area contributed by atoms with Crippen molar-refractivity contribution in [2.24, 2.45) is 0 Å². The molecule has 0 aliphatic rings. The predicted octanol–water partition coefficient (Wildman–Crippen LogP) is -0.308. The van der Waals surface area contributed by atoms with E-state index in [4.69, 9.17) is 0 Å². The van der Waals surface area contributed by atoms with E-state index in [1.165, 1.54) is 24.3 Å². The lowest BCUT2D eigenvalue weighted by Gasteiger charge is -2.01. The van der Waals surface area contributed by atoms with Crippen molar-refractivity contribution in [1.29, 1.82) is 0 Å². The summed E-state index contributed by atoms with van der Waals surface area (Å²) in [6.07, 6.45) is 0. The van der Waals surface area contributed by atoms with Crippen molar-refractivity contribution in [3.63, 3.8) is 0 Å². The second-order valence-corrected chi connectivity index (χ2v) is 2.10. The molecule has 0 aliphatic carbocycles. The maximum Gasteiger partial charge on any atom is 0.228 e. The molecule has 0 saturated heterocycles. The monoisotopic (exact) mass is 213 g/mol. The van der Waals surface area contributed by atoms with Crippen molar-refractivity contribution < 1.29 is 10.1 Å². The van der Waals surface area contributed by atoms with Crippen LogP contribution in [0.5, 0.6) is 0 Å². The van der Waals surface area contributed by atoms with E-state index < -0.39 is 10.1 Å². The van der Waals surface area contributed by atoms with Crippen LogP contribution in [0.15, 0.2) is 30.3 Å². The second kappa shape index (κ2) is 5.16. The SMILES string of the molecule is O=[N+]([O-])N(c1ccccc1)[N+](=O)[O-].[AlH3]. The van der Waals surface area contributed by atoms with Gasteiger partial charge in [0.1, 0.15) is 0 Å². The van der Waals surface area contributed by atoms with Gasteiger partial charge >= 0.3 is 0 Å². The zero-order valence-corrected chi connectivity index (χ0v) is 6.36. The average Bonchev–Trinajstić information content (AvgIpc) is 2.04. The molecular formula is C6H8AlN3O4. The van der Waals surface area contributed by atoms with Gasteiger partial charge in [-0.25, -0.2) is 20.2 Å². The van der Waals surface area contributed by atoms with E-state index in [-0.39, 0.29) is 28.2 Å². The van der Waals surface area contributed by atoms with Crippen molar-refractivity contribution in [1.82, 2.24) is 0 Å². The summed E-state index contributed by atoms with van der Waals surface area (Å²) in [5.41, 5.74) is -0.0856. The van der Waals surface area contributed by atoms with Gasteiger partial charge in [0, 0.05) is 0 Å². The molecule has 7 nitrogen and oxygen atoms in total. The topological polar surface area (TPSA) is 89.5 Å². The Morgan fingerprint density at radius 1 is 1.00 bits per heavy atom. The van der Waals surface area contributed by atoms with E-state index in [1.54, 1.807) is 6.07 Å². The molecule has 0 radical (unpaired) electrons. The van der Waals surface area contributed by atoms with Gasteiger partial charge in [0.15, 0.2) is 28.2 Å². The van der Waals surface area contributed by atoms with E-state index >= 15 is 0 Å². The van der Waals surface area contributed by atoms with Crippen LogP contribution in [0.25, 0.3) is 0 Å². The molecule has 0 heterocycles. The Kier molecular flexibility index (Phi) is 4.55. The Labute approximate surface area is 89.3 Å². The second-order valence-electron chi connectivity index (χ2n) is 2.10. The van der Waals surface area contributed by atoms with Gasteiger partial charge in [-0.05, 0) is 12.1 Å². The van der Waals surface area contributed by atoms with Gasteiger partial charge < -0.3 is 0 Å². The Morgan fingerprint density at radius 2 is 1.43 bits per heavy atom. The van der Waals surface area contributed by atoms with Crippen LogP contribution < -0.4 is 5.12 Å². The van der Waals surface area contributed by atoms with Crippen molar-refractivity contribution in [3.8, 4) is 0 Å². The van der Waals surface area contributed by atoms with Crippen LogP contribution in [0.2, 0.25) is 0 Å². The minimum atomic E-state index is -1.09. The molecule has 0 spiro atoms. The molecule has 14 heavy (non-hydrogen) atoms. The third kappa shape index (κ3) is 2.69. The molecule has 0 saturated carbocycles. The predicted molar refractivity (Wildman–Crippen MR) is 52.8 cm³/mol. The van der Waals surface area contributed by atoms with Crippen LogP contribution in [0.1, 0.15) is 0 Å². The summed E-state index contributed by atoms with van der Waals surface area (Å²) in [6, 6.07) is 7.14. The van der Waals surface area contributed by atoms with Crippen LogP contribution in [-0.4, -0.2) is 27.4 Å². The molecule has 0 atom stereocenters. The van der Waals surface area contributed by atoms with Crippen LogP contribution in [-0.2, 0) is 0 Å². The van der Waals surface area contributed by atoms with E-state index in [2.05, 4.69) is 0 Å². The van der Waals surface area contributed by atoms with Crippen LogP contribution in [0.4, 0.5) is 5.69 Å². The Balaban J connectivity index is 0.00000169. The Bertz CT molecular complexity index is 317. The average molecular weight is 213 g/mol. The third-order valence-electron chi connectivity index (χ3n) is 1.30. The molecule has 1 aromatic carbocycles. The highest BCUT2D eigenvalue weighted by Crippen LogP contribution is 2.12. The lowest BCUT2D eigenvalue weighted by atomic mass is 10.3. The zero-order valence-electron chi connectivity index (χ0n) is 6.36.